The Labute approximate surface area is 96.0 Å². The number of hydrogen-bond donors (Lipinski definition) is 1. The smallest absolute Gasteiger partial charge is 0.00953 e. The molecule has 1 heteroatoms. The normalized spacial score (nSPS) is 20.8. The summed E-state index contributed by atoms with van der Waals surface area (Å²) in [5.74, 6) is 1.83. The minimum Gasteiger partial charge on any atom is -0.314 e. The van der Waals surface area contributed by atoms with Crippen molar-refractivity contribution in [3.05, 3.63) is 0 Å². The van der Waals surface area contributed by atoms with Gasteiger partial charge < -0.3 is 5.32 Å². The average molecular weight is 211 g/mol. The monoisotopic (exact) mass is 211 g/mol. The molecule has 90 valence electrons. The van der Waals surface area contributed by atoms with E-state index in [-0.39, 0.29) is 0 Å². The molecule has 0 amide bonds. The van der Waals surface area contributed by atoms with Crippen molar-refractivity contribution in [2.45, 2.75) is 71.8 Å². The van der Waals surface area contributed by atoms with Crippen LogP contribution < -0.4 is 5.32 Å². The topological polar surface area (TPSA) is 12.0 Å². The van der Waals surface area contributed by atoms with Crippen LogP contribution in [-0.4, -0.2) is 12.6 Å². The molecular formula is C14H29N. The molecule has 15 heavy (non-hydrogen) atoms. The Balaban J connectivity index is 2.33. The van der Waals surface area contributed by atoms with Crippen LogP contribution in [0.3, 0.4) is 0 Å². The predicted octanol–water partition coefficient (Wildman–Crippen LogP) is 3.98. The molecule has 0 saturated heterocycles. The van der Waals surface area contributed by atoms with Crippen molar-refractivity contribution < 1.29 is 0 Å². The summed E-state index contributed by atoms with van der Waals surface area (Å²) in [5.41, 5.74) is 0. The minimum atomic E-state index is 0.803. The lowest BCUT2D eigenvalue weighted by atomic mass is 9.81. The molecule has 0 bridgehead atoms. The highest BCUT2D eigenvalue weighted by atomic mass is 14.9. The fourth-order valence-electron chi connectivity index (χ4n) is 2.82. The Bertz CT molecular complexity index is 147. The molecule has 1 atom stereocenters. The Hall–Kier alpha value is -0.0400. The summed E-state index contributed by atoms with van der Waals surface area (Å²) in [7, 11) is 0. The zero-order valence-corrected chi connectivity index (χ0v) is 10.9. The molecule has 1 unspecified atom stereocenters. The highest BCUT2D eigenvalue weighted by Crippen LogP contribution is 2.28. The Morgan fingerprint density at radius 2 is 1.73 bits per heavy atom. The van der Waals surface area contributed by atoms with Crippen LogP contribution in [0.1, 0.15) is 65.7 Å². The van der Waals surface area contributed by atoms with Crippen LogP contribution in [-0.2, 0) is 0 Å². The van der Waals surface area contributed by atoms with E-state index in [4.69, 9.17) is 0 Å². The van der Waals surface area contributed by atoms with Gasteiger partial charge in [0.25, 0.3) is 0 Å². The zero-order chi connectivity index (χ0) is 11.1. The van der Waals surface area contributed by atoms with Crippen LogP contribution in [0, 0.1) is 11.8 Å². The lowest BCUT2D eigenvalue weighted by Crippen LogP contribution is -2.37. The molecule has 0 heterocycles. The summed E-state index contributed by atoms with van der Waals surface area (Å²) in [6.45, 7) is 8.05. The molecule has 0 aliphatic heterocycles. The van der Waals surface area contributed by atoms with Gasteiger partial charge in [-0.1, -0.05) is 40.0 Å². The van der Waals surface area contributed by atoms with E-state index < -0.39 is 0 Å². The SMILES string of the molecule is CCNC(CCC(C)C)C1CCCCC1. The van der Waals surface area contributed by atoms with E-state index in [0.29, 0.717) is 0 Å². The molecule has 0 aromatic rings. The molecule has 0 aromatic carbocycles. The zero-order valence-electron chi connectivity index (χ0n) is 10.9. The summed E-state index contributed by atoms with van der Waals surface area (Å²) in [4.78, 5) is 0. The first-order valence-corrected chi connectivity index (χ1v) is 6.97. The maximum absolute atomic E-state index is 3.71. The summed E-state index contributed by atoms with van der Waals surface area (Å²) in [6.07, 6.45) is 10.1. The van der Waals surface area contributed by atoms with E-state index in [1.165, 1.54) is 44.9 Å². The standard InChI is InChI=1S/C14H29N/c1-4-15-14(11-10-12(2)3)13-8-6-5-7-9-13/h12-15H,4-11H2,1-3H3. The predicted molar refractivity (Wildman–Crippen MR) is 68.1 cm³/mol. The Morgan fingerprint density at radius 3 is 2.27 bits per heavy atom. The fourth-order valence-corrected chi connectivity index (χ4v) is 2.82. The second-order valence-corrected chi connectivity index (χ2v) is 5.53. The summed E-state index contributed by atoms with van der Waals surface area (Å²) >= 11 is 0. The first kappa shape index (κ1) is 13.0. The van der Waals surface area contributed by atoms with Crippen molar-refractivity contribution in [1.29, 1.82) is 0 Å². The highest BCUT2D eigenvalue weighted by molar-refractivity contribution is 4.79. The molecule has 0 spiro atoms. The molecule has 1 aliphatic rings. The molecule has 0 radical (unpaired) electrons. The van der Waals surface area contributed by atoms with E-state index >= 15 is 0 Å². The van der Waals surface area contributed by atoms with Crippen LogP contribution in [0.25, 0.3) is 0 Å². The van der Waals surface area contributed by atoms with Crippen LogP contribution in [0.15, 0.2) is 0 Å². The van der Waals surface area contributed by atoms with E-state index in [1.807, 2.05) is 0 Å². The van der Waals surface area contributed by atoms with Crippen molar-refractivity contribution in [3.63, 3.8) is 0 Å². The van der Waals surface area contributed by atoms with E-state index in [9.17, 15) is 0 Å². The van der Waals surface area contributed by atoms with Gasteiger partial charge in [0, 0.05) is 6.04 Å². The van der Waals surface area contributed by atoms with Crippen molar-refractivity contribution in [2.75, 3.05) is 6.54 Å². The molecule has 1 N–H and O–H groups in total. The van der Waals surface area contributed by atoms with Gasteiger partial charge >= 0.3 is 0 Å². The maximum atomic E-state index is 3.71. The van der Waals surface area contributed by atoms with Gasteiger partial charge in [-0.3, -0.25) is 0 Å². The Kier molecular flexibility index (Phi) is 6.31. The summed E-state index contributed by atoms with van der Waals surface area (Å²) in [5, 5.41) is 3.71. The van der Waals surface area contributed by atoms with Crippen LogP contribution in [0.4, 0.5) is 0 Å². The third-order valence-electron chi connectivity index (χ3n) is 3.74. The van der Waals surface area contributed by atoms with Crippen molar-refractivity contribution in [2.24, 2.45) is 11.8 Å². The van der Waals surface area contributed by atoms with E-state index in [0.717, 1.165) is 24.4 Å². The minimum absolute atomic E-state index is 0.803. The average Bonchev–Trinajstić information content (AvgIpc) is 2.25. The van der Waals surface area contributed by atoms with Gasteiger partial charge in [-0.25, -0.2) is 0 Å². The molecule has 1 aliphatic carbocycles. The van der Waals surface area contributed by atoms with Crippen LogP contribution in [0.5, 0.6) is 0 Å². The summed E-state index contributed by atoms with van der Waals surface area (Å²) in [6, 6.07) is 0.803. The highest BCUT2D eigenvalue weighted by Gasteiger charge is 2.22. The van der Waals surface area contributed by atoms with Gasteiger partial charge in [-0.2, -0.15) is 0 Å². The second-order valence-electron chi connectivity index (χ2n) is 5.53. The van der Waals surface area contributed by atoms with Gasteiger partial charge in [-0.05, 0) is 44.1 Å². The van der Waals surface area contributed by atoms with Gasteiger partial charge in [0.2, 0.25) is 0 Å². The van der Waals surface area contributed by atoms with Crippen molar-refractivity contribution >= 4 is 0 Å². The molecule has 0 aromatic heterocycles. The van der Waals surface area contributed by atoms with Crippen LogP contribution in [0.2, 0.25) is 0 Å². The van der Waals surface area contributed by atoms with Gasteiger partial charge in [0.1, 0.15) is 0 Å². The number of nitrogens with one attached hydrogen (secondary N) is 1. The second kappa shape index (κ2) is 7.27. The first-order chi connectivity index (χ1) is 7.24. The van der Waals surface area contributed by atoms with Crippen LogP contribution >= 0.6 is 0 Å². The number of hydrogen-bond acceptors (Lipinski definition) is 1. The Morgan fingerprint density at radius 1 is 1.07 bits per heavy atom. The largest absolute Gasteiger partial charge is 0.314 e. The molecule has 1 nitrogen and oxygen atoms in total. The summed E-state index contributed by atoms with van der Waals surface area (Å²) < 4.78 is 0. The maximum Gasteiger partial charge on any atom is 0.00953 e. The molecule has 1 rings (SSSR count). The van der Waals surface area contributed by atoms with Crippen molar-refractivity contribution in [3.8, 4) is 0 Å². The quantitative estimate of drug-likeness (QED) is 0.700. The lowest BCUT2D eigenvalue weighted by Gasteiger charge is -2.31. The van der Waals surface area contributed by atoms with Crippen molar-refractivity contribution in [1.82, 2.24) is 5.32 Å². The van der Waals surface area contributed by atoms with E-state index in [2.05, 4.69) is 26.1 Å². The molecule has 1 saturated carbocycles. The van der Waals surface area contributed by atoms with Gasteiger partial charge in [0.05, 0.1) is 0 Å². The lowest BCUT2D eigenvalue weighted by molar-refractivity contribution is 0.251. The molecule has 1 fully saturated rings. The van der Waals surface area contributed by atoms with Gasteiger partial charge in [0.15, 0.2) is 0 Å². The third kappa shape index (κ3) is 5.01. The van der Waals surface area contributed by atoms with Gasteiger partial charge in [-0.15, -0.1) is 0 Å². The molecular weight excluding hydrogens is 182 g/mol. The van der Waals surface area contributed by atoms with E-state index in [1.54, 1.807) is 0 Å². The number of rotatable bonds is 6. The third-order valence-corrected chi connectivity index (χ3v) is 3.74. The fraction of sp³-hybridized carbons (Fsp3) is 1.00. The first-order valence-electron chi connectivity index (χ1n) is 6.97.